The third-order valence-electron chi connectivity index (χ3n) is 3.04. The molecule has 0 aliphatic carbocycles. The van der Waals surface area contributed by atoms with E-state index in [2.05, 4.69) is 15.5 Å². The quantitative estimate of drug-likeness (QED) is 0.776. The highest BCUT2D eigenvalue weighted by Gasteiger charge is 2.03. The van der Waals surface area contributed by atoms with Crippen LogP contribution in [0.5, 0.6) is 5.75 Å². The lowest BCUT2D eigenvalue weighted by molar-refractivity contribution is 0.469. The van der Waals surface area contributed by atoms with E-state index < -0.39 is 0 Å². The Labute approximate surface area is 126 Å². The Morgan fingerprint density at radius 1 is 1.05 bits per heavy atom. The number of aromatic hydroxyl groups is 1. The van der Waals surface area contributed by atoms with Gasteiger partial charge in [0, 0.05) is 22.8 Å². The Hall–Kier alpha value is -2.53. The van der Waals surface area contributed by atoms with Gasteiger partial charge < -0.3 is 10.4 Å². The highest BCUT2D eigenvalue weighted by Crippen LogP contribution is 2.22. The molecule has 0 bridgehead atoms. The predicted molar refractivity (Wildman–Crippen MR) is 81.8 cm³/mol. The molecule has 1 heterocycles. The first-order chi connectivity index (χ1) is 10.2. The van der Waals surface area contributed by atoms with Crippen molar-refractivity contribution in [2.45, 2.75) is 6.54 Å². The third kappa shape index (κ3) is 3.14. The molecule has 0 radical (unpaired) electrons. The highest BCUT2D eigenvalue weighted by atomic mass is 35.5. The lowest BCUT2D eigenvalue weighted by atomic mass is 10.2. The zero-order valence-electron chi connectivity index (χ0n) is 11.1. The Kier molecular flexibility index (Phi) is 3.75. The molecule has 0 unspecified atom stereocenters. The summed E-state index contributed by atoms with van der Waals surface area (Å²) in [5, 5.41) is 21.7. The summed E-state index contributed by atoms with van der Waals surface area (Å²) in [6.07, 6.45) is 3.27. The molecule has 6 heteroatoms. The van der Waals surface area contributed by atoms with Crippen molar-refractivity contribution >= 4 is 17.3 Å². The lowest BCUT2D eigenvalue weighted by Crippen LogP contribution is -2.01. The van der Waals surface area contributed by atoms with E-state index in [4.69, 9.17) is 11.6 Å². The fraction of sp³-hybridized carbons (Fsp3) is 0.0667. The second-order valence-corrected chi connectivity index (χ2v) is 4.93. The smallest absolute Gasteiger partial charge is 0.120 e. The number of hydrogen-bond donors (Lipinski definition) is 2. The molecule has 0 saturated heterocycles. The van der Waals surface area contributed by atoms with E-state index in [9.17, 15) is 5.11 Å². The second-order valence-electron chi connectivity index (χ2n) is 4.49. The monoisotopic (exact) mass is 300 g/mol. The van der Waals surface area contributed by atoms with Crippen LogP contribution in [0.2, 0.25) is 5.02 Å². The number of nitrogens with zero attached hydrogens (tertiary/aromatic N) is 3. The van der Waals surface area contributed by atoms with Crippen LogP contribution in [0.25, 0.3) is 5.69 Å². The number of aromatic nitrogens is 3. The van der Waals surface area contributed by atoms with E-state index in [0.717, 1.165) is 16.9 Å². The number of anilines is 1. The van der Waals surface area contributed by atoms with Crippen molar-refractivity contribution in [3.63, 3.8) is 0 Å². The van der Waals surface area contributed by atoms with Gasteiger partial charge in [0.15, 0.2) is 0 Å². The first-order valence-electron chi connectivity index (χ1n) is 6.40. The van der Waals surface area contributed by atoms with Gasteiger partial charge in [0.25, 0.3) is 0 Å². The number of nitrogens with one attached hydrogen (secondary N) is 1. The molecule has 0 aliphatic rings. The number of benzene rings is 2. The molecule has 2 aromatic carbocycles. The van der Waals surface area contributed by atoms with Gasteiger partial charge in [-0.05, 0) is 42.5 Å². The minimum atomic E-state index is 0.226. The normalized spacial score (nSPS) is 10.5. The average Bonchev–Trinajstić information content (AvgIpc) is 3.03. The molecular weight excluding hydrogens is 288 g/mol. The standard InChI is InChI=1S/C15H13ClN4O/c16-12-1-6-15(21)11(9-12)10-17-13-2-4-14(5-3-13)20-18-7-8-19-20/h1-9,17,21H,10H2. The maximum atomic E-state index is 9.76. The highest BCUT2D eigenvalue weighted by molar-refractivity contribution is 6.30. The van der Waals surface area contributed by atoms with Crippen molar-refractivity contribution in [3.8, 4) is 11.4 Å². The lowest BCUT2D eigenvalue weighted by Gasteiger charge is -2.09. The summed E-state index contributed by atoms with van der Waals surface area (Å²) in [5.74, 6) is 0.226. The summed E-state index contributed by atoms with van der Waals surface area (Å²) >= 11 is 5.92. The third-order valence-corrected chi connectivity index (χ3v) is 3.28. The second kappa shape index (κ2) is 5.85. The molecule has 2 N–H and O–H groups in total. The van der Waals surface area contributed by atoms with Crippen LogP contribution in [0.3, 0.4) is 0 Å². The van der Waals surface area contributed by atoms with Crippen LogP contribution in [-0.2, 0) is 6.54 Å². The summed E-state index contributed by atoms with van der Waals surface area (Å²) in [6.45, 7) is 0.492. The van der Waals surface area contributed by atoms with E-state index in [-0.39, 0.29) is 5.75 Å². The Morgan fingerprint density at radius 3 is 2.48 bits per heavy atom. The molecule has 3 rings (SSSR count). The van der Waals surface area contributed by atoms with Crippen molar-refractivity contribution < 1.29 is 5.11 Å². The molecule has 0 fully saturated rings. The molecular formula is C15H13ClN4O. The summed E-state index contributed by atoms with van der Waals surface area (Å²) in [7, 11) is 0. The predicted octanol–water partition coefficient (Wildman–Crippen LogP) is 3.24. The van der Waals surface area contributed by atoms with E-state index in [0.29, 0.717) is 11.6 Å². The molecule has 0 spiro atoms. The number of hydrogen-bond acceptors (Lipinski definition) is 4. The Bertz CT molecular complexity index is 726. The maximum absolute atomic E-state index is 9.76. The van der Waals surface area contributed by atoms with E-state index in [1.165, 1.54) is 0 Å². The molecule has 0 aliphatic heterocycles. The number of phenolic OH excluding ortho intramolecular Hbond substituents is 1. The van der Waals surface area contributed by atoms with Crippen molar-refractivity contribution in [1.29, 1.82) is 0 Å². The molecule has 0 atom stereocenters. The minimum Gasteiger partial charge on any atom is -0.508 e. The minimum absolute atomic E-state index is 0.226. The molecule has 0 saturated carbocycles. The van der Waals surface area contributed by atoms with E-state index in [1.807, 2.05) is 24.3 Å². The van der Waals surface area contributed by atoms with Crippen LogP contribution < -0.4 is 5.32 Å². The average molecular weight is 301 g/mol. The van der Waals surface area contributed by atoms with Crippen molar-refractivity contribution in [3.05, 3.63) is 65.4 Å². The van der Waals surface area contributed by atoms with Crippen LogP contribution in [0.1, 0.15) is 5.56 Å². The number of phenols is 1. The van der Waals surface area contributed by atoms with E-state index >= 15 is 0 Å². The van der Waals surface area contributed by atoms with Gasteiger partial charge in [-0.3, -0.25) is 0 Å². The number of halogens is 1. The first kappa shape index (κ1) is 13.5. The number of rotatable bonds is 4. The van der Waals surface area contributed by atoms with Gasteiger partial charge in [0.2, 0.25) is 0 Å². The Balaban J connectivity index is 1.70. The zero-order valence-corrected chi connectivity index (χ0v) is 11.8. The van der Waals surface area contributed by atoms with Gasteiger partial charge in [-0.25, -0.2) is 0 Å². The molecule has 3 aromatic rings. The van der Waals surface area contributed by atoms with Gasteiger partial charge >= 0.3 is 0 Å². The molecule has 106 valence electrons. The van der Waals surface area contributed by atoms with Crippen molar-refractivity contribution in [1.82, 2.24) is 15.0 Å². The topological polar surface area (TPSA) is 63.0 Å². The van der Waals surface area contributed by atoms with Gasteiger partial charge in [-0.1, -0.05) is 11.6 Å². The SMILES string of the molecule is Oc1ccc(Cl)cc1CNc1ccc(-n2nccn2)cc1. The van der Waals surface area contributed by atoms with Crippen LogP contribution in [-0.4, -0.2) is 20.1 Å². The van der Waals surface area contributed by atoms with Crippen LogP contribution in [0.15, 0.2) is 54.9 Å². The summed E-state index contributed by atoms with van der Waals surface area (Å²) in [4.78, 5) is 1.55. The summed E-state index contributed by atoms with van der Waals surface area (Å²) in [5.41, 5.74) is 2.57. The van der Waals surface area contributed by atoms with Gasteiger partial charge in [-0.2, -0.15) is 15.0 Å². The maximum Gasteiger partial charge on any atom is 0.120 e. The largest absolute Gasteiger partial charge is 0.508 e. The van der Waals surface area contributed by atoms with Crippen LogP contribution >= 0.6 is 11.6 Å². The fourth-order valence-corrected chi connectivity index (χ4v) is 2.15. The molecule has 5 nitrogen and oxygen atoms in total. The summed E-state index contributed by atoms with van der Waals surface area (Å²) in [6, 6.07) is 12.7. The van der Waals surface area contributed by atoms with Crippen LogP contribution in [0.4, 0.5) is 5.69 Å². The van der Waals surface area contributed by atoms with Crippen molar-refractivity contribution in [2.24, 2.45) is 0 Å². The fourth-order valence-electron chi connectivity index (χ4n) is 1.95. The van der Waals surface area contributed by atoms with Crippen LogP contribution in [0, 0.1) is 0 Å². The van der Waals surface area contributed by atoms with Crippen molar-refractivity contribution in [2.75, 3.05) is 5.32 Å². The molecule has 21 heavy (non-hydrogen) atoms. The molecule has 0 amide bonds. The van der Waals surface area contributed by atoms with E-state index in [1.54, 1.807) is 35.4 Å². The first-order valence-corrected chi connectivity index (χ1v) is 6.78. The van der Waals surface area contributed by atoms with Gasteiger partial charge in [-0.15, -0.1) is 0 Å². The molecule has 1 aromatic heterocycles. The van der Waals surface area contributed by atoms with Gasteiger partial charge in [0.1, 0.15) is 5.75 Å². The summed E-state index contributed by atoms with van der Waals surface area (Å²) < 4.78 is 0. The zero-order chi connectivity index (χ0) is 14.7. The Morgan fingerprint density at radius 2 is 1.76 bits per heavy atom. The van der Waals surface area contributed by atoms with Gasteiger partial charge in [0.05, 0.1) is 18.1 Å².